The van der Waals surface area contributed by atoms with Crippen molar-refractivity contribution in [3.05, 3.63) is 48.5 Å². The molecule has 0 aromatic heterocycles. The van der Waals surface area contributed by atoms with E-state index >= 15 is 0 Å². The van der Waals surface area contributed by atoms with Gasteiger partial charge in [0.2, 0.25) is 16.4 Å². The quantitative estimate of drug-likeness (QED) is 0.437. The maximum absolute atomic E-state index is 13.0. The number of para-hydroxylation sites is 2. The maximum Gasteiger partial charge on any atom is 0.411 e. The van der Waals surface area contributed by atoms with Gasteiger partial charge in [0.15, 0.2) is 0 Å². The number of benzene rings is 2. The Bertz CT molecular complexity index is 1260. The van der Waals surface area contributed by atoms with E-state index in [2.05, 4.69) is 4.72 Å². The first kappa shape index (κ1) is 29.1. The number of piperazine rings is 1. The third-order valence-electron chi connectivity index (χ3n) is 5.61. The molecule has 1 unspecified atom stereocenters. The fourth-order valence-electron chi connectivity index (χ4n) is 3.70. The molecule has 1 aliphatic heterocycles. The van der Waals surface area contributed by atoms with Crippen LogP contribution in [0.1, 0.15) is 0 Å². The summed E-state index contributed by atoms with van der Waals surface area (Å²) in [7, 11) is -3.74. The number of rotatable bonds is 10. The number of nitrogens with zero attached hydrogens (tertiary/aromatic N) is 3. The third kappa shape index (κ3) is 7.33. The van der Waals surface area contributed by atoms with Crippen molar-refractivity contribution in [3.63, 3.8) is 0 Å². The minimum atomic E-state index is -4.48. The molecule has 0 bridgehead atoms. The SMILES string of the molecule is COC(OCC(F)(F)F)N1CCN(c2ccccc2NS(=O)(=O)c2ccc(S(=O)(=O)N(C)C)cc2)CC1. The number of sulfonamides is 2. The molecular weight excluding hydrogens is 537 g/mol. The summed E-state index contributed by atoms with van der Waals surface area (Å²) in [5.41, 5.74) is 0.889. The molecule has 0 amide bonds. The van der Waals surface area contributed by atoms with Crippen LogP contribution >= 0.6 is 0 Å². The van der Waals surface area contributed by atoms with Gasteiger partial charge in [0.1, 0.15) is 6.61 Å². The van der Waals surface area contributed by atoms with E-state index in [1.165, 1.54) is 45.5 Å². The third-order valence-corrected chi connectivity index (χ3v) is 8.82. The molecular formula is C22H29F3N4O6S2. The second-order valence-electron chi connectivity index (χ2n) is 8.37. The lowest BCUT2D eigenvalue weighted by Gasteiger charge is -2.39. The lowest BCUT2D eigenvalue weighted by molar-refractivity contribution is -0.264. The highest BCUT2D eigenvalue weighted by atomic mass is 32.2. The average molecular weight is 567 g/mol. The molecule has 206 valence electrons. The lowest BCUT2D eigenvalue weighted by Crippen LogP contribution is -2.52. The first-order valence-electron chi connectivity index (χ1n) is 11.1. The van der Waals surface area contributed by atoms with Gasteiger partial charge < -0.3 is 14.4 Å². The number of halogens is 3. The predicted molar refractivity (Wildman–Crippen MR) is 131 cm³/mol. The van der Waals surface area contributed by atoms with Crippen molar-refractivity contribution >= 4 is 31.4 Å². The summed E-state index contributed by atoms with van der Waals surface area (Å²) in [5.74, 6) is 0. The van der Waals surface area contributed by atoms with Gasteiger partial charge in [0.25, 0.3) is 10.0 Å². The van der Waals surface area contributed by atoms with Crippen LogP contribution in [0, 0.1) is 0 Å². The first-order chi connectivity index (χ1) is 17.2. The van der Waals surface area contributed by atoms with Crippen LogP contribution in [0.4, 0.5) is 24.5 Å². The Kier molecular flexibility index (Phi) is 9.08. The molecule has 1 heterocycles. The summed E-state index contributed by atoms with van der Waals surface area (Å²) < 4.78 is 102. The number of hydrogen-bond donors (Lipinski definition) is 1. The number of alkyl halides is 3. The molecule has 2 aromatic carbocycles. The topological polar surface area (TPSA) is 108 Å². The molecule has 1 N–H and O–H groups in total. The Balaban J connectivity index is 1.72. The Labute approximate surface area is 214 Å². The van der Waals surface area contributed by atoms with Gasteiger partial charge in [-0.1, -0.05) is 12.1 Å². The minimum Gasteiger partial charge on any atom is -0.367 e. The van der Waals surface area contributed by atoms with Crippen LogP contribution in [0.5, 0.6) is 0 Å². The standard InChI is InChI=1S/C22H29F3N4O6S2/c1-27(2)37(32,33)18-10-8-17(9-11-18)36(30,31)26-19-6-4-5-7-20(19)28-12-14-29(15-13-28)21(34-3)35-16-22(23,24)25/h4-11,21,26H,12-16H2,1-3H3. The van der Waals surface area contributed by atoms with Crippen molar-refractivity contribution in [3.8, 4) is 0 Å². The van der Waals surface area contributed by atoms with Gasteiger partial charge in [-0.2, -0.15) is 13.2 Å². The Morgan fingerprint density at radius 2 is 1.51 bits per heavy atom. The summed E-state index contributed by atoms with van der Waals surface area (Å²) in [6.45, 7) is -0.0347. The smallest absolute Gasteiger partial charge is 0.367 e. The highest BCUT2D eigenvalue weighted by Crippen LogP contribution is 2.30. The number of nitrogens with one attached hydrogen (secondary N) is 1. The Morgan fingerprint density at radius 3 is 2.05 bits per heavy atom. The molecule has 1 saturated heterocycles. The molecule has 0 saturated carbocycles. The minimum absolute atomic E-state index is 0.0386. The molecule has 0 radical (unpaired) electrons. The molecule has 1 fully saturated rings. The van der Waals surface area contributed by atoms with E-state index in [1.807, 2.05) is 4.90 Å². The van der Waals surface area contributed by atoms with Crippen LogP contribution < -0.4 is 9.62 Å². The molecule has 0 spiro atoms. The first-order valence-corrected chi connectivity index (χ1v) is 14.0. The van der Waals surface area contributed by atoms with Crippen molar-refractivity contribution in [1.29, 1.82) is 0 Å². The van der Waals surface area contributed by atoms with Crippen molar-refractivity contribution in [2.24, 2.45) is 0 Å². The largest absolute Gasteiger partial charge is 0.411 e. The summed E-state index contributed by atoms with van der Waals surface area (Å²) >= 11 is 0. The molecule has 15 heteroatoms. The number of hydrogen-bond acceptors (Lipinski definition) is 8. The molecule has 0 aliphatic carbocycles. The van der Waals surface area contributed by atoms with E-state index in [-0.39, 0.29) is 9.79 Å². The van der Waals surface area contributed by atoms with Gasteiger partial charge in [-0.3, -0.25) is 9.62 Å². The van der Waals surface area contributed by atoms with Crippen LogP contribution in [0.25, 0.3) is 0 Å². The van der Waals surface area contributed by atoms with Crippen molar-refractivity contribution < 1.29 is 39.5 Å². The molecule has 1 atom stereocenters. The highest BCUT2D eigenvalue weighted by Gasteiger charge is 2.32. The highest BCUT2D eigenvalue weighted by molar-refractivity contribution is 7.92. The molecule has 2 aromatic rings. The van der Waals surface area contributed by atoms with Crippen molar-refractivity contribution in [2.45, 2.75) is 22.4 Å². The molecule has 10 nitrogen and oxygen atoms in total. The number of ether oxygens (including phenoxy) is 2. The zero-order valence-corrected chi connectivity index (χ0v) is 22.1. The summed E-state index contributed by atoms with van der Waals surface area (Å²) in [4.78, 5) is 3.37. The van der Waals surface area contributed by atoms with Gasteiger partial charge in [0, 0.05) is 47.4 Å². The van der Waals surface area contributed by atoms with Crippen molar-refractivity contribution in [2.75, 3.05) is 63.6 Å². The van der Waals surface area contributed by atoms with Crippen LogP contribution in [0.3, 0.4) is 0 Å². The number of methoxy groups -OCH3 is 1. The van der Waals surface area contributed by atoms with Crippen molar-refractivity contribution in [1.82, 2.24) is 9.21 Å². The zero-order valence-electron chi connectivity index (χ0n) is 20.5. The van der Waals surface area contributed by atoms with Gasteiger partial charge in [-0.05, 0) is 36.4 Å². The second kappa shape index (κ2) is 11.5. The van der Waals surface area contributed by atoms with Crippen LogP contribution in [0.2, 0.25) is 0 Å². The fraction of sp³-hybridized carbons (Fsp3) is 0.455. The second-order valence-corrected chi connectivity index (χ2v) is 12.2. The summed E-state index contributed by atoms with van der Waals surface area (Å²) in [5, 5.41) is 0. The molecule has 1 aliphatic rings. The predicted octanol–water partition coefficient (Wildman–Crippen LogP) is 2.37. The van der Waals surface area contributed by atoms with Gasteiger partial charge >= 0.3 is 6.18 Å². The van der Waals surface area contributed by atoms with Gasteiger partial charge in [-0.25, -0.2) is 21.1 Å². The van der Waals surface area contributed by atoms with Crippen LogP contribution in [-0.4, -0.2) is 92.6 Å². The van der Waals surface area contributed by atoms with Crippen LogP contribution in [-0.2, 0) is 29.5 Å². The normalized spacial score (nSPS) is 16.7. The maximum atomic E-state index is 13.0. The van der Waals surface area contributed by atoms with Crippen LogP contribution in [0.15, 0.2) is 58.3 Å². The lowest BCUT2D eigenvalue weighted by atomic mass is 10.2. The Hall–Kier alpha value is -2.43. The average Bonchev–Trinajstić information content (AvgIpc) is 2.84. The molecule has 37 heavy (non-hydrogen) atoms. The van der Waals surface area contributed by atoms with E-state index in [9.17, 15) is 30.0 Å². The number of anilines is 2. The van der Waals surface area contributed by atoms with Gasteiger partial charge in [0.05, 0.1) is 21.2 Å². The van der Waals surface area contributed by atoms with E-state index in [4.69, 9.17) is 9.47 Å². The van der Waals surface area contributed by atoms with E-state index in [0.717, 1.165) is 4.31 Å². The monoisotopic (exact) mass is 566 g/mol. The van der Waals surface area contributed by atoms with Gasteiger partial charge in [-0.15, -0.1) is 0 Å². The van der Waals surface area contributed by atoms with E-state index < -0.39 is 39.2 Å². The fourth-order valence-corrected chi connectivity index (χ4v) is 5.68. The van der Waals surface area contributed by atoms with E-state index in [1.54, 1.807) is 29.2 Å². The van der Waals surface area contributed by atoms with E-state index in [0.29, 0.717) is 37.6 Å². The Morgan fingerprint density at radius 1 is 0.946 bits per heavy atom. The summed E-state index contributed by atoms with van der Waals surface area (Å²) in [6.07, 6.45) is -5.63. The summed E-state index contributed by atoms with van der Waals surface area (Å²) in [6, 6.07) is 11.6. The molecule has 3 rings (SSSR count). The zero-order chi connectivity index (χ0) is 27.4.